The van der Waals surface area contributed by atoms with E-state index in [0.29, 0.717) is 32.1 Å². The highest BCUT2D eigenvalue weighted by molar-refractivity contribution is 5.94. The summed E-state index contributed by atoms with van der Waals surface area (Å²) in [6.07, 6.45) is 2.15. The predicted octanol–water partition coefficient (Wildman–Crippen LogP) is -2.74. The zero-order valence-corrected chi connectivity index (χ0v) is 16.8. The van der Waals surface area contributed by atoms with Gasteiger partial charge in [-0.3, -0.25) is 19.2 Å². The standard InChI is InChI=1S/C18H31N5O6/c1-3-11(2)16(18(29)20-8-14(26)21-12(9-24)10-25)22-17(28)13-5-4-6-23(13)15(27)7-19/h9,11-13,16,25H,3-8,10,19H2,1-2H3,(H,20,29)(H,21,26)(H,22,28)/t11-,12+,13-,16-/m0/s1. The van der Waals surface area contributed by atoms with E-state index in [9.17, 15) is 24.0 Å². The molecule has 1 rings (SSSR count). The fourth-order valence-corrected chi connectivity index (χ4v) is 3.06. The number of nitrogens with one attached hydrogen (secondary N) is 3. The molecule has 1 heterocycles. The lowest BCUT2D eigenvalue weighted by atomic mass is 9.97. The van der Waals surface area contributed by atoms with Crippen LogP contribution >= 0.6 is 0 Å². The van der Waals surface area contributed by atoms with E-state index in [2.05, 4.69) is 16.0 Å². The van der Waals surface area contributed by atoms with Crippen molar-refractivity contribution in [3.8, 4) is 0 Å². The third-order valence-corrected chi connectivity index (χ3v) is 4.97. The number of amides is 4. The molecule has 0 aromatic rings. The number of carbonyl (C=O) groups is 5. The van der Waals surface area contributed by atoms with Crippen LogP contribution in [0.15, 0.2) is 0 Å². The Bertz CT molecular complexity index is 614. The molecule has 0 aromatic heterocycles. The Balaban J connectivity index is 2.72. The van der Waals surface area contributed by atoms with Gasteiger partial charge in [-0.2, -0.15) is 0 Å². The third-order valence-electron chi connectivity index (χ3n) is 4.97. The van der Waals surface area contributed by atoms with Crippen molar-refractivity contribution in [2.45, 2.75) is 51.2 Å². The van der Waals surface area contributed by atoms with Gasteiger partial charge in [0.2, 0.25) is 23.6 Å². The summed E-state index contributed by atoms with van der Waals surface area (Å²) >= 11 is 0. The molecule has 4 atom stereocenters. The predicted molar refractivity (Wildman–Crippen MR) is 103 cm³/mol. The minimum atomic E-state index is -1.04. The first-order valence-electron chi connectivity index (χ1n) is 9.72. The van der Waals surface area contributed by atoms with Crippen LogP contribution in [0.1, 0.15) is 33.1 Å². The number of hydrogen-bond donors (Lipinski definition) is 5. The van der Waals surface area contributed by atoms with Crippen molar-refractivity contribution in [3.63, 3.8) is 0 Å². The van der Waals surface area contributed by atoms with Crippen molar-refractivity contribution in [1.82, 2.24) is 20.9 Å². The number of nitrogens with zero attached hydrogens (tertiary/aromatic N) is 1. The van der Waals surface area contributed by atoms with Gasteiger partial charge in [-0.15, -0.1) is 0 Å². The average Bonchev–Trinajstić information content (AvgIpc) is 3.22. The fraction of sp³-hybridized carbons (Fsp3) is 0.722. The van der Waals surface area contributed by atoms with E-state index in [1.807, 2.05) is 6.92 Å². The molecule has 29 heavy (non-hydrogen) atoms. The Labute approximate surface area is 169 Å². The van der Waals surface area contributed by atoms with Crippen LogP contribution < -0.4 is 21.7 Å². The summed E-state index contributed by atoms with van der Waals surface area (Å²) in [5.74, 6) is -2.17. The lowest BCUT2D eigenvalue weighted by Gasteiger charge is -2.28. The molecule has 0 aliphatic carbocycles. The Morgan fingerprint density at radius 3 is 2.52 bits per heavy atom. The first kappa shape index (κ1) is 24.5. The van der Waals surface area contributed by atoms with Gasteiger partial charge < -0.3 is 36.5 Å². The van der Waals surface area contributed by atoms with Crippen LogP contribution in [-0.4, -0.2) is 84.3 Å². The van der Waals surface area contributed by atoms with Gasteiger partial charge in [-0.1, -0.05) is 20.3 Å². The summed E-state index contributed by atoms with van der Waals surface area (Å²) in [7, 11) is 0. The van der Waals surface area contributed by atoms with Gasteiger partial charge in [0.15, 0.2) is 0 Å². The number of carbonyl (C=O) groups excluding carboxylic acids is 5. The van der Waals surface area contributed by atoms with Crippen molar-refractivity contribution in [2.24, 2.45) is 11.7 Å². The summed E-state index contributed by atoms with van der Waals surface area (Å²) in [5.41, 5.74) is 5.39. The molecule has 1 aliphatic rings. The first-order chi connectivity index (χ1) is 13.8. The number of aldehydes is 1. The van der Waals surface area contributed by atoms with E-state index in [1.54, 1.807) is 6.92 Å². The molecule has 0 radical (unpaired) electrons. The Kier molecular flexibility index (Phi) is 10.2. The van der Waals surface area contributed by atoms with Gasteiger partial charge in [0, 0.05) is 6.54 Å². The topological polar surface area (TPSA) is 171 Å². The normalized spacial score (nSPS) is 19.0. The number of hydrogen-bond acceptors (Lipinski definition) is 7. The zero-order valence-electron chi connectivity index (χ0n) is 16.8. The third kappa shape index (κ3) is 7.09. The van der Waals surface area contributed by atoms with E-state index < -0.39 is 49.0 Å². The van der Waals surface area contributed by atoms with Gasteiger partial charge in [0.25, 0.3) is 0 Å². The fourth-order valence-electron chi connectivity index (χ4n) is 3.06. The summed E-state index contributed by atoms with van der Waals surface area (Å²) in [6.45, 7) is 2.94. The van der Waals surface area contributed by atoms with Crippen molar-refractivity contribution in [2.75, 3.05) is 26.2 Å². The smallest absolute Gasteiger partial charge is 0.243 e. The molecule has 6 N–H and O–H groups in total. The number of rotatable bonds is 11. The summed E-state index contributed by atoms with van der Waals surface area (Å²) in [6, 6.07) is -2.61. The van der Waals surface area contributed by atoms with Crippen LogP contribution in [0.4, 0.5) is 0 Å². The highest BCUT2D eigenvalue weighted by atomic mass is 16.3. The van der Waals surface area contributed by atoms with Gasteiger partial charge >= 0.3 is 0 Å². The lowest BCUT2D eigenvalue weighted by molar-refractivity contribution is -0.139. The van der Waals surface area contributed by atoms with Crippen LogP contribution in [0.3, 0.4) is 0 Å². The highest BCUT2D eigenvalue weighted by Crippen LogP contribution is 2.18. The minimum Gasteiger partial charge on any atom is -0.394 e. The molecule has 164 valence electrons. The lowest BCUT2D eigenvalue weighted by Crippen LogP contribution is -2.56. The van der Waals surface area contributed by atoms with E-state index in [0.717, 1.165) is 0 Å². The second-order valence-electron chi connectivity index (χ2n) is 7.03. The molecule has 4 amide bonds. The highest BCUT2D eigenvalue weighted by Gasteiger charge is 2.36. The Morgan fingerprint density at radius 2 is 1.97 bits per heavy atom. The number of aliphatic hydroxyl groups is 1. The quantitative estimate of drug-likeness (QED) is 0.229. The van der Waals surface area contributed by atoms with Crippen LogP contribution in [0.2, 0.25) is 0 Å². The second-order valence-corrected chi connectivity index (χ2v) is 7.03. The Morgan fingerprint density at radius 1 is 1.28 bits per heavy atom. The summed E-state index contributed by atoms with van der Waals surface area (Å²) in [4.78, 5) is 61.0. The number of aliphatic hydroxyl groups excluding tert-OH is 1. The molecule has 1 aliphatic heterocycles. The van der Waals surface area contributed by atoms with Gasteiger partial charge in [-0.05, 0) is 18.8 Å². The molecule has 0 aromatic carbocycles. The molecule has 1 saturated heterocycles. The number of likely N-dealkylation sites (tertiary alicyclic amines) is 1. The molecule has 0 bridgehead atoms. The van der Waals surface area contributed by atoms with Crippen LogP contribution in [-0.2, 0) is 24.0 Å². The molecule has 0 spiro atoms. The average molecular weight is 413 g/mol. The molecule has 0 saturated carbocycles. The second kappa shape index (κ2) is 12.1. The van der Waals surface area contributed by atoms with Gasteiger partial charge in [0.1, 0.15) is 24.4 Å². The van der Waals surface area contributed by atoms with Crippen molar-refractivity contribution in [1.29, 1.82) is 0 Å². The van der Waals surface area contributed by atoms with Crippen LogP contribution in [0.5, 0.6) is 0 Å². The molecule has 11 nitrogen and oxygen atoms in total. The maximum Gasteiger partial charge on any atom is 0.243 e. The van der Waals surface area contributed by atoms with E-state index in [-0.39, 0.29) is 18.4 Å². The maximum atomic E-state index is 12.7. The summed E-state index contributed by atoms with van der Waals surface area (Å²) in [5, 5.41) is 16.3. The molecule has 0 unspecified atom stereocenters. The molecule has 1 fully saturated rings. The molecular formula is C18H31N5O6. The van der Waals surface area contributed by atoms with E-state index in [4.69, 9.17) is 10.8 Å². The summed E-state index contributed by atoms with van der Waals surface area (Å²) < 4.78 is 0. The largest absolute Gasteiger partial charge is 0.394 e. The van der Waals surface area contributed by atoms with E-state index in [1.165, 1.54) is 4.90 Å². The monoisotopic (exact) mass is 413 g/mol. The number of nitrogens with two attached hydrogens (primary N) is 1. The molecule has 11 heteroatoms. The van der Waals surface area contributed by atoms with E-state index >= 15 is 0 Å². The zero-order chi connectivity index (χ0) is 22.0. The van der Waals surface area contributed by atoms with Crippen LogP contribution in [0.25, 0.3) is 0 Å². The van der Waals surface area contributed by atoms with Gasteiger partial charge in [-0.25, -0.2) is 0 Å². The van der Waals surface area contributed by atoms with Crippen molar-refractivity contribution < 1.29 is 29.1 Å². The maximum absolute atomic E-state index is 12.7. The van der Waals surface area contributed by atoms with Crippen molar-refractivity contribution in [3.05, 3.63) is 0 Å². The van der Waals surface area contributed by atoms with Gasteiger partial charge in [0.05, 0.1) is 19.7 Å². The van der Waals surface area contributed by atoms with Crippen LogP contribution in [0, 0.1) is 5.92 Å². The van der Waals surface area contributed by atoms with Crippen molar-refractivity contribution >= 4 is 29.9 Å². The minimum absolute atomic E-state index is 0.191. The Hall–Kier alpha value is -2.53. The first-order valence-corrected chi connectivity index (χ1v) is 9.72. The SMILES string of the molecule is CC[C@H](C)[C@H](NC(=O)[C@@H]1CCCN1C(=O)CN)C(=O)NCC(=O)N[C@H](C=O)CO. The molecular weight excluding hydrogens is 382 g/mol.